The number of nitriles is 1. The van der Waals surface area contributed by atoms with Crippen molar-refractivity contribution in [2.75, 3.05) is 11.9 Å². The maximum Gasteiger partial charge on any atom is 0.326 e. The molecule has 0 amide bonds. The largest absolute Gasteiger partial charge is 0.493 e. The summed E-state index contributed by atoms with van der Waals surface area (Å²) in [5.74, 6) is -1.42. The summed E-state index contributed by atoms with van der Waals surface area (Å²) >= 11 is 0. The van der Waals surface area contributed by atoms with Gasteiger partial charge in [0.05, 0.1) is 23.5 Å². The number of carboxylic acid groups (broad SMARTS) is 1. The smallest absolute Gasteiger partial charge is 0.326 e. The molecule has 1 atom stereocenters. The summed E-state index contributed by atoms with van der Waals surface area (Å²) in [7, 11) is 0. The van der Waals surface area contributed by atoms with Gasteiger partial charge in [-0.2, -0.15) is 5.26 Å². The average Bonchev–Trinajstić information content (AvgIpc) is 2.98. The normalized spacial score (nSPS) is 11.6. The minimum absolute atomic E-state index is 0.00286. The molecular weight excluding hydrogens is 524 g/mol. The molecule has 8 heteroatoms. The number of para-hydroxylation sites is 1. The van der Waals surface area contributed by atoms with Gasteiger partial charge in [-0.1, -0.05) is 54.6 Å². The van der Waals surface area contributed by atoms with E-state index in [0.29, 0.717) is 28.9 Å². The SMILES string of the molecule is CCOc1ccccc1-c1ccc(-c2nc3ccc(F)cc3c(NC(Cc3ccc(F)cc3)C(=O)O)c2C#N)cc1. The summed E-state index contributed by atoms with van der Waals surface area (Å²) in [6, 6.07) is 25.6. The van der Waals surface area contributed by atoms with Gasteiger partial charge in [-0.25, -0.2) is 18.6 Å². The monoisotopic (exact) mass is 549 g/mol. The van der Waals surface area contributed by atoms with E-state index in [1.807, 2.05) is 55.5 Å². The zero-order valence-electron chi connectivity index (χ0n) is 22.1. The lowest BCUT2D eigenvalue weighted by Crippen LogP contribution is -2.32. The quantitative estimate of drug-likeness (QED) is 0.202. The van der Waals surface area contributed by atoms with Gasteiger partial charge in [-0.15, -0.1) is 0 Å². The summed E-state index contributed by atoms with van der Waals surface area (Å²) in [5, 5.41) is 23.5. The summed E-state index contributed by atoms with van der Waals surface area (Å²) in [4.78, 5) is 16.9. The van der Waals surface area contributed by atoms with E-state index >= 15 is 0 Å². The predicted octanol–water partition coefficient (Wildman–Crippen LogP) is 7.23. The van der Waals surface area contributed by atoms with Gasteiger partial charge in [0.15, 0.2) is 0 Å². The average molecular weight is 550 g/mol. The van der Waals surface area contributed by atoms with Crippen LogP contribution in [0.3, 0.4) is 0 Å². The third kappa shape index (κ3) is 5.85. The Hall–Kier alpha value is -5.29. The number of aromatic nitrogens is 1. The number of hydrogen-bond acceptors (Lipinski definition) is 5. The summed E-state index contributed by atoms with van der Waals surface area (Å²) < 4.78 is 33.5. The van der Waals surface area contributed by atoms with Gasteiger partial charge in [-0.05, 0) is 54.4 Å². The van der Waals surface area contributed by atoms with Crippen LogP contribution in [-0.2, 0) is 11.2 Å². The van der Waals surface area contributed by atoms with Crippen LogP contribution in [0.15, 0.2) is 91.0 Å². The fourth-order valence-corrected chi connectivity index (χ4v) is 4.73. The number of ether oxygens (including phenoxy) is 1. The standard InChI is InChI=1S/C33H25F2N3O3/c1-2-41-30-6-4-3-5-25(30)21-9-11-22(12-10-21)31-27(19-36)32(26-18-24(35)15-16-28(26)37-31)38-29(33(39)40)17-20-7-13-23(34)14-8-20/h3-16,18,29H,2,17H2,1H3,(H,37,38)(H,39,40). The zero-order chi connectivity index (χ0) is 28.9. The molecule has 0 saturated heterocycles. The van der Waals surface area contributed by atoms with E-state index in [4.69, 9.17) is 4.74 Å². The number of nitrogens with zero attached hydrogens (tertiary/aromatic N) is 2. The summed E-state index contributed by atoms with van der Waals surface area (Å²) in [6.45, 7) is 2.44. The third-order valence-electron chi connectivity index (χ3n) is 6.68. The summed E-state index contributed by atoms with van der Waals surface area (Å²) in [5.41, 5.74) is 3.97. The van der Waals surface area contributed by atoms with Crippen molar-refractivity contribution in [3.8, 4) is 34.2 Å². The Labute approximate surface area is 235 Å². The number of halogens is 2. The molecule has 4 aromatic carbocycles. The molecule has 5 rings (SSSR count). The van der Waals surface area contributed by atoms with Crippen LogP contribution in [0.2, 0.25) is 0 Å². The lowest BCUT2D eigenvalue weighted by atomic mass is 9.97. The number of hydrogen-bond donors (Lipinski definition) is 2. The number of aliphatic carboxylic acids is 1. The van der Waals surface area contributed by atoms with E-state index < -0.39 is 23.6 Å². The number of pyridine rings is 1. The highest BCUT2D eigenvalue weighted by Crippen LogP contribution is 2.36. The van der Waals surface area contributed by atoms with Crippen molar-refractivity contribution in [3.05, 3.63) is 114 Å². The Kier molecular flexibility index (Phi) is 7.88. The molecule has 5 aromatic rings. The molecular formula is C33H25F2N3O3. The first-order valence-electron chi connectivity index (χ1n) is 13.0. The fourth-order valence-electron chi connectivity index (χ4n) is 4.73. The molecule has 1 heterocycles. The fraction of sp³-hybridized carbons (Fsp3) is 0.121. The molecule has 2 N–H and O–H groups in total. The van der Waals surface area contributed by atoms with Gasteiger partial charge < -0.3 is 15.2 Å². The Bertz CT molecular complexity index is 1760. The third-order valence-corrected chi connectivity index (χ3v) is 6.68. The number of benzene rings is 4. The van der Waals surface area contributed by atoms with Crippen LogP contribution in [0.1, 0.15) is 18.1 Å². The maximum atomic E-state index is 14.3. The van der Waals surface area contributed by atoms with Crippen LogP contribution >= 0.6 is 0 Å². The molecule has 0 spiro atoms. The Morgan fingerprint density at radius 3 is 2.34 bits per heavy atom. The first-order chi connectivity index (χ1) is 19.9. The molecule has 1 aromatic heterocycles. The topological polar surface area (TPSA) is 95.2 Å². The number of nitrogens with one attached hydrogen (secondary N) is 1. The van der Waals surface area contributed by atoms with Crippen molar-refractivity contribution in [1.82, 2.24) is 4.98 Å². The first-order valence-corrected chi connectivity index (χ1v) is 13.0. The van der Waals surface area contributed by atoms with Crippen LogP contribution in [0.4, 0.5) is 14.5 Å². The van der Waals surface area contributed by atoms with Gasteiger partial charge in [0.25, 0.3) is 0 Å². The zero-order valence-corrected chi connectivity index (χ0v) is 22.1. The molecule has 1 unspecified atom stereocenters. The number of rotatable bonds is 9. The van der Waals surface area contributed by atoms with E-state index in [1.54, 1.807) is 0 Å². The number of carboxylic acids is 1. The van der Waals surface area contributed by atoms with Gasteiger partial charge in [0.2, 0.25) is 0 Å². The molecule has 0 radical (unpaired) electrons. The molecule has 204 valence electrons. The molecule has 0 fully saturated rings. The van der Waals surface area contributed by atoms with Crippen molar-refractivity contribution < 1.29 is 23.4 Å². The second-order valence-corrected chi connectivity index (χ2v) is 9.36. The lowest BCUT2D eigenvalue weighted by Gasteiger charge is -2.20. The van der Waals surface area contributed by atoms with Crippen molar-refractivity contribution >= 4 is 22.6 Å². The molecule has 0 bridgehead atoms. The van der Waals surface area contributed by atoms with E-state index in [9.17, 15) is 23.9 Å². The van der Waals surface area contributed by atoms with Gasteiger partial charge in [0.1, 0.15) is 35.1 Å². The van der Waals surface area contributed by atoms with Crippen molar-refractivity contribution in [2.45, 2.75) is 19.4 Å². The van der Waals surface area contributed by atoms with Gasteiger partial charge in [0, 0.05) is 22.9 Å². The minimum Gasteiger partial charge on any atom is -0.493 e. The van der Waals surface area contributed by atoms with E-state index in [-0.39, 0.29) is 23.1 Å². The maximum absolute atomic E-state index is 14.3. The van der Waals surface area contributed by atoms with Crippen molar-refractivity contribution in [1.29, 1.82) is 5.26 Å². The second-order valence-electron chi connectivity index (χ2n) is 9.36. The van der Waals surface area contributed by atoms with E-state index in [0.717, 1.165) is 16.9 Å². The second kappa shape index (κ2) is 11.8. The number of carbonyl (C=O) groups is 1. The summed E-state index contributed by atoms with van der Waals surface area (Å²) in [6.07, 6.45) is 0.00286. The van der Waals surface area contributed by atoms with E-state index in [1.165, 1.54) is 42.5 Å². The van der Waals surface area contributed by atoms with Crippen molar-refractivity contribution in [2.24, 2.45) is 0 Å². The molecule has 0 aliphatic carbocycles. The van der Waals surface area contributed by atoms with Crippen LogP contribution in [0, 0.1) is 23.0 Å². The molecule has 0 aliphatic rings. The predicted molar refractivity (Wildman–Crippen MR) is 154 cm³/mol. The highest BCUT2D eigenvalue weighted by atomic mass is 19.1. The molecule has 41 heavy (non-hydrogen) atoms. The van der Waals surface area contributed by atoms with Gasteiger partial charge >= 0.3 is 5.97 Å². The highest BCUT2D eigenvalue weighted by molar-refractivity contribution is 5.99. The van der Waals surface area contributed by atoms with E-state index in [2.05, 4.69) is 16.4 Å². The lowest BCUT2D eigenvalue weighted by molar-refractivity contribution is -0.137. The van der Waals surface area contributed by atoms with Crippen LogP contribution in [-0.4, -0.2) is 28.7 Å². The molecule has 0 aliphatic heterocycles. The van der Waals surface area contributed by atoms with Gasteiger partial charge in [-0.3, -0.25) is 0 Å². The minimum atomic E-state index is -1.19. The Morgan fingerprint density at radius 2 is 1.66 bits per heavy atom. The van der Waals surface area contributed by atoms with Crippen LogP contribution in [0.25, 0.3) is 33.3 Å². The molecule has 6 nitrogen and oxygen atoms in total. The van der Waals surface area contributed by atoms with Crippen molar-refractivity contribution in [3.63, 3.8) is 0 Å². The Balaban J connectivity index is 1.60. The number of fused-ring (bicyclic) bond motifs is 1. The Morgan fingerprint density at radius 1 is 0.976 bits per heavy atom. The highest BCUT2D eigenvalue weighted by Gasteiger charge is 2.24. The van der Waals surface area contributed by atoms with Crippen LogP contribution in [0.5, 0.6) is 5.75 Å². The number of anilines is 1. The first kappa shape index (κ1) is 27.3. The molecule has 0 saturated carbocycles. The van der Waals surface area contributed by atoms with Crippen LogP contribution < -0.4 is 10.1 Å².